The molecule has 3 rings (SSSR count). The lowest BCUT2D eigenvalue weighted by Crippen LogP contribution is -2.57. The summed E-state index contributed by atoms with van der Waals surface area (Å²) < 4.78 is 50.7. The molecule has 0 fully saturated rings. The monoisotopic (exact) mass is 529 g/mol. The van der Waals surface area contributed by atoms with Gasteiger partial charge in [0.05, 0.1) is 31.8 Å². The number of carbonyl (C=O) groups is 1. The first-order chi connectivity index (χ1) is 17.6. The van der Waals surface area contributed by atoms with Crippen LogP contribution in [-0.4, -0.2) is 46.4 Å². The molecule has 3 aromatic carbocycles. The van der Waals surface area contributed by atoms with Gasteiger partial charge < -0.3 is 24.1 Å². The average Bonchev–Trinajstić information content (AvgIpc) is 2.90. The van der Waals surface area contributed by atoms with Gasteiger partial charge in [-0.3, -0.25) is 0 Å². The van der Waals surface area contributed by atoms with E-state index in [0.717, 1.165) is 5.56 Å². The Bertz CT molecular complexity index is 1300. The summed E-state index contributed by atoms with van der Waals surface area (Å²) >= 11 is 0. The number of benzene rings is 3. The van der Waals surface area contributed by atoms with E-state index in [4.69, 9.17) is 18.9 Å². The molecule has 0 saturated heterocycles. The number of sulfonamides is 1. The van der Waals surface area contributed by atoms with Gasteiger partial charge in [-0.2, -0.15) is 4.72 Å². The first-order valence-corrected chi connectivity index (χ1v) is 12.8. The van der Waals surface area contributed by atoms with E-state index in [9.17, 15) is 18.3 Å². The number of aliphatic hydroxyl groups is 1. The largest absolute Gasteiger partial charge is 0.496 e. The molecule has 0 bridgehead atoms. The molecule has 10 heteroatoms. The van der Waals surface area contributed by atoms with Gasteiger partial charge in [0.1, 0.15) is 30.0 Å². The predicted octanol–water partition coefficient (Wildman–Crippen LogP) is 3.53. The fourth-order valence-corrected chi connectivity index (χ4v) is 5.09. The van der Waals surface area contributed by atoms with Crippen LogP contribution in [0.3, 0.4) is 0 Å². The second-order valence-corrected chi connectivity index (χ2v) is 10.2. The summed E-state index contributed by atoms with van der Waals surface area (Å²) in [6, 6.07) is 18.0. The van der Waals surface area contributed by atoms with Crippen LogP contribution in [0.2, 0.25) is 0 Å². The van der Waals surface area contributed by atoms with E-state index in [1.807, 2.05) is 13.0 Å². The summed E-state index contributed by atoms with van der Waals surface area (Å²) in [6.45, 7) is 2.94. The summed E-state index contributed by atoms with van der Waals surface area (Å²) in [5.74, 6) is -0.377. The maximum absolute atomic E-state index is 13.5. The second kappa shape index (κ2) is 11.6. The van der Waals surface area contributed by atoms with Crippen LogP contribution in [0.25, 0.3) is 0 Å². The number of aryl methyl sites for hydroxylation is 1. The number of nitrogens with one attached hydrogen (secondary N) is 1. The number of carbonyl (C=O) groups excluding carboxylic acids is 1. The predicted molar refractivity (Wildman–Crippen MR) is 137 cm³/mol. The highest BCUT2D eigenvalue weighted by molar-refractivity contribution is 7.89. The van der Waals surface area contributed by atoms with Crippen molar-refractivity contribution in [3.63, 3.8) is 0 Å². The number of ether oxygens (including phenoxy) is 4. The van der Waals surface area contributed by atoms with Gasteiger partial charge in [0.15, 0.2) is 5.54 Å². The Balaban J connectivity index is 2.09. The summed E-state index contributed by atoms with van der Waals surface area (Å²) in [6.07, 6.45) is -1.79. The van der Waals surface area contributed by atoms with Crippen LogP contribution in [0.15, 0.2) is 71.6 Å². The zero-order valence-electron chi connectivity index (χ0n) is 21.3. The Morgan fingerprint density at radius 2 is 1.51 bits per heavy atom. The topological polar surface area (TPSA) is 120 Å². The van der Waals surface area contributed by atoms with E-state index < -0.39 is 27.6 Å². The van der Waals surface area contributed by atoms with Crippen LogP contribution in [-0.2, 0) is 26.2 Å². The molecule has 9 nitrogen and oxygen atoms in total. The number of esters is 1. The molecule has 2 atom stereocenters. The molecule has 0 aliphatic heterocycles. The van der Waals surface area contributed by atoms with Crippen molar-refractivity contribution < 1.29 is 37.3 Å². The molecule has 0 heterocycles. The standard InChI is InChI=1S/C27H31NO8S/c1-18-11-13-21(14-12-18)37(31,32)28-27(2,26(30)36-17-19-9-7-6-8-10-19)25(29)24-22(34-4)15-20(33-3)16-23(24)35-5/h6-16,25,28-29H,17H2,1-5H3/t25-,27-/m0/s1. The molecule has 0 amide bonds. The third-order valence-electron chi connectivity index (χ3n) is 5.89. The average molecular weight is 530 g/mol. The fourth-order valence-electron chi connectivity index (χ4n) is 3.73. The first kappa shape index (κ1) is 28.0. The molecule has 0 spiro atoms. The van der Waals surface area contributed by atoms with Gasteiger partial charge in [-0.25, -0.2) is 13.2 Å². The molecule has 37 heavy (non-hydrogen) atoms. The number of hydrogen-bond acceptors (Lipinski definition) is 8. The molecule has 2 N–H and O–H groups in total. The number of aliphatic hydroxyl groups excluding tert-OH is 1. The minimum atomic E-state index is -4.28. The number of rotatable bonds is 11. The lowest BCUT2D eigenvalue weighted by molar-refractivity contribution is -0.156. The zero-order chi connectivity index (χ0) is 27.2. The van der Waals surface area contributed by atoms with Crippen molar-refractivity contribution in [2.75, 3.05) is 21.3 Å². The fraction of sp³-hybridized carbons (Fsp3) is 0.296. The summed E-state index contributed by atoms with van der Waals surface area (Å²) in [7, 11) is -0.101. The highest BCUT2D eigenvalue weighted by Crippen LogP contribution is 2.43. The van der Waals surface area contributed by atoms with Gasteiger partial charge in [-0.15, -0.1) is 0 Å². The Morgan fingerprint density at radius 1 is 0.946 bits per heavy atom. The van der Waals surface area contributed by atoms with E-state index in [0.29, 0.717) is 11.3 Å². The highest BCUT2D eigenvalue weighted by atomic mass is 32.2. The Hall–Kier alpha value is -3.60. The summed E-state index contributed by atoms with van der Waals surface area (Å²) in [4.78, 5) is 13.4. The Kier molecular flexibility index (Phi) is 8.80. The number of hydrogen-bond donors (Lipinski definition) is 2. The van der Waals surface area contributed by atoms with Gasteiger partial charge >= 0.3 is 5.97 Å². The molecule has 198 valence electrons. The van der Waals surface area contributed by atoms with Gasteiger partial charge in [0.25, 0.3) is 0 Å². The third-order valence-corrected chi connectivity index (χ3v) is 7.47. The van der Waals surface area contributed by atoms with E-state index in [1.54, 1.807) is 36.4 Å². The smallest absolute Gasteiger partial charge is 0.330 e. The Morgan fingerprint density at radius 3 is 2.03 bits per heavy atom. The molecule has 0 radical (unpaired) electrons. The number of methoxy groups -OCH3 is 3. The molecule has 0 aromatic heterocycles. The second-order valence-electron chi connectivity index (χ2n) is 8.53. The van der Waals surface area contributed by atoms with Crippen LogP contribution < -0.4 is 18.9 Å². The lowest BCUT2D eigenvalue weighted by atomic mass is 9.89. The first-order valence-electron chi connectivity index (χ1n) is 11.4. The third kappa shape index (κ3) is 6.22. The van der Waals surface area contributed by atoms with Crippen molar-refractivity contribution in [1.29, 1.82) is 0 Å². The van der Waals surface area contributed by atoms with Crippen molar-refractivity contribution in [3.8, 4) is 17.2 Å². The zero-order valence-corrected chi connectivity index (χ0v) is 22.2. The Labute approximate surface area is 217 Å². The van der Waals surface area contributed by atoms with E-state index in [-0.39, 0.29) is 28.6 Å². The van der Waals surface area contributed by atoms with Gasteiger partial charge in [-0.1, -0.05) is 48.0 Å². The van der Waals surface area contributed by atoms with Crippen molar-refractivity contribution in [2.45, 2.75) is 37.0 Å². The van der Waals surface area contributed by atoms with Crippen LogP contribution in [0, 0.1) is 6.92 Å². The van der Waals surface area contributed by atoms with E-state index in [2.05, 4.69) is 4.72 Å². The molecule has 0 aliphatic carbocycles. The molecular formula is C27H31NO8S. The summed E-state index contributed by atoms with van der Waals surface area (Å²) in [5, 5.41) is 11.6. The van der Waals surface area contributed by atoms with Crippen molar-refractivity contribution in [2.24, 2.45) is 0 Å². The SMILES string of the molecule is COc1cc(OC)c([C@H](O)[C@](C)(NS(=O)(=O)c2ccc(C)cc2)C(=O)OCc2ccccc2)c(OC)c1. The maximum Gasteiger partial charge on any atom is 0.330 e. The summed E-state index contributed by atoms with van der Waals surface area (Å²) in [5.41, 5.74) is -0.602. The molecule has 3 aromatic rings. The van der Waals surface area contributed by atoms with Crippen LogP contribution in [0.5, 0.6) is 17.2 Å². The van der Waals surface area contributed by atoms with E-state index in [1.165, 1.54) is 52.5 Å². The molecule has 0 aliphatic rings. The van der Waals surface area contributed by atoms with Gasteiger partial charge in [0.2, 0.25) is 10.0 Å². The lowest BCUT2D eigenvalue weighted by Gasteiger charge is -2.34. The van der Waals surface area contributed by atoms with Crippen LogP contribution in [0.4, 0.5) is 0 Å². The van der Waals surface area contributed by atoms with Crippen molar-refractivity contribution >= 4 is 16.0 Å². The maximum atomic E-state index is 13.5. The van der Waals surface area contributed by atoms with Crippen LogP contribution in [0.1, 0.15) is 29.7 Å². The minimum Gasteiger partial charge on any atom is -0.496 e. The van der Waals surface area contributed by atoms with Crippen molar-refractivity contribution in [3.05, 3.63) is 83.4 Å². The molecule has 0 unspecified atom stereocenters. The minimum absolute atomic E-state index is 0.0385. The highest BCUT2D eigenvalue weighted by Gasteiger charge is 2.48. The quantitative estimate of drug-likeness (QED) is 0.362. The van der Waals surface area contributed by atoms with Crippen molar-refractivity contribution in [1.82, 2.24) is 4.72 Å². The van der Waals surface area contributed by atoms with Crippen LogP contribution >= 0.6 is 0 Å². The molecular weight excluding hydrogens is 498 g/mol. The van der Waals surface area contributed by atoms with Gasteiger partial charge in [-0.05, 0) is 31.5 Å². The normalized spacial score (nSPS) is 13.8. The van der Waals surface area contributed by atoms with Gasteiger partial charge in [0, 0.05) is 12.1 Å². The molecule has 0 saturated carbocycles. The van der Waals surface area contributed by atoms with E-state index >= 15 is 0 Å².